The van der Waals surface area contributed by atoms with Gasteiger partial charge in [0.2, 0.25) is 5.91 Å². The summed E-state index contributed by atoms with van der Waals surface area (Å²) in [5, 5.41) is 8.70. The quantitative estimate of drug-likeness (QED) is 0.749. The van der Waals surface area contributed by atoms with E-state index in [2.05, 4.69) is 0 Å². The number of amides is 1. The summed E-state index contributed by atoms with van der Waals surface area (Å²) in [5.74, 6) is -1.35. The van der Waals surface area contributed by atoms with Gasteiger partial charge in [-0.2, -0.15) is 0 Å². The predicted octanol–water partition coefficient (Wildman–Crippen LogP) is 0.323. The summed E-state index contributed by atoms with van der Waals surface area (Å²) >= 11 is 0. The van der Waals surface area contributed by atoms with E-state index in [9.17, 15) is 9.59 Å². The van der Waals surface area contributed by atoms with Crippen LogP contribution in [0.2, 0.25) is 0 Å². The molecule has 5 nitrogen and oxygen atoms in total. The molecule has 1 aromatic rings. The first-order valence-corrected chi connectivity index (χ1v) is 5.60. The van der Waals surface area contributed by atoms with Crippen LogP contribution in [0.15, 0.2) is 36.4 Å². The van der Waals surface area contributed by atoms with Crippen LogP contribution in [0.3, 0.4) is 0 Å². The molecule has 1 saturated heterocycles. The number of rotatable bonds is 4. The Bertz CT molecular complexity index is 484. The number of carboxylic acids is 1. The molecule has 5 heteroatoms. The van der Waals surface area contributed by atoms with Gasteiger partial charge in [-0.3, -0.25) is 9.59 Å². The molecule has 18 heavy (non-hydrogen) atoms. The van der Waals surface area contributed by atoms with Crippen molar-refractivity contribution in [1.82, 2.24) is 4.90 Å². The molecule has 1 aromatic carbocycles. The number of carboxylic acid groups (broad SMARTS) is 1. The first kappa shape index (κ1) is 12.3. The van der Waals surface area contributed by atoms with Crippen molar-refractivity contribution < 1.29 is 14.7 Å². The molecule has 2 unspecified atom stereocenters. The molecule has 0 bridgehead atoms. The summed E-state index contributed by atoms with van der Waals surface area (Å²) < 4.78 is 0. The molecule has 0 aromatic heterocycles. The van der Waals surface area contributed by atoms with Crippen molar-refractivity contribution in [3.8, 4) is 0 Å². The lowest BCUT2D eigenvalue weighted by Crippen LogP contribution is -2.68. The molecule has 1 aliphatic rings. The van der Waals surface area contributed by atoms with Crippen LogP contribution in [0.25, 0.3) is 6.08 Å². The molecule has 1 heterocycles. The second kappa shape index (κ2) is 5.01. The molecular formula is C13H14N2O3. The van der Waals surface area contributed by atoms with Gasteiger partial charge in [0.1, 0.15) is 12.6 Å². The van der Waals surface area contributed by atoms with Crippen LogP contribution < -0.4 is 5.73 Å². The highest BCUT2D eigenvalue weighted by Crippen LogP contribution is 2.20. The highest BCUT2D eigenvalue weighted by molar-refractivity contribution is 5.92. The van der Waals surface area contributed by atoms with E-state index >= 15 is 0 Å². The van der Waals surface area contributed by atoms with Gasteiger partial charge in [0.15, 0.2) is 0 Å². The first-order valence-electron chi connectivity index (χ1n) is 5.60. The van der Waals surface area contributed by atoms with Crippen molar-refractivity contribution in [3.63, 3.8) is 0 Å². The van der Waals surface area contributed by atoms with Gasteiger partial charge < -0.3 is 15.7 Å². The molecular weight excluding hydrogens is 232 g/mol. The number of hydrogen-bond acceptors (Lipinski definition) is 3. The molecule has 1 aliphatic heterocycles. The molecule has 0 aliphatic carbocycles. The minimum Gasteiger partial charge on any atom is -0.480 e. The van der Waals surface area contributed by atoms with Crippen LogP contribution in [0, 0.1) is 0 Å². The largest absolute Gasteiger partial charge is 0.480 e. The summed E-state index contributed by atoms with van der Waals surface area (Å²) in [7, 11) is 0. The standard InChI is InChI=1S/C13H14N2O3/c14-12-10(15(13(12)18)8-11(16)17)7-6-9-4-2-1-3-5-9/h1-7,10,12H,8,14H2,(H,16,17). The van der Waals surface area contributed by atoms with E-state index in [4.69, 9.17) is 10.8 Å². The Morgan fingerprint density at radius 1 is 1.39 bits per heavy atom. The van der Waals surface area contributed by atoms with Gasteiger partial charge in [0, 0.05) is 0 Å². The summed E-state index contributed by atoms with van der Waals surface area (Å²) in [5.41, 5.74) is 6.65. The number of likely N-dealkylation sites (tertiary alicyclic amines) is 1. The lowest BCUT2D eigenvalue weighted by molar-refractivity contribution is -0.154. The van der Waals surface area contributed by atoms with E-state index in [1.807, 2.05) is 36.4 Å². The van der Waals surface area contributed by atoms with Gasteiger partial charge in [-0.05, 0) is 5.56 Å². The number of aliphatic carboxylic acids is 1. The van der Waals surface area contributed by atoms with Crippen molar-refractivity contribution in [2.75, 3.05) is 6.54 Å². The lowest BCUT2D eigenvalue weighted by atomic mass is 9.95. The zero-order valence-electron chi connectivity index (χ0n) is 9.69. The maximum Gasteiger partial charge on any atom is 0.323 e. The van der Waals surface area contributed by atoms with Crippen molar-refractivity contribution in [1.29, 1.82) is 0 Å². The maximum atomic E-state index is 11.4. The van der Waals surface area contributed by atoms with Crippen LogP contribution in [0.4, 0.5) is 0 Å². The van der Waals surface area contributed by atoms with Gasteiger partial charge in [-0.1, -0.05) is 42.5 Å². The van der Waals surface area contributed by atoms with E-state index in [1.165, 1.54) is 4.90 Å². The van der Waals surface area contributed by atoms with Crippen LogP contribution in [-0.2, 0) is 9.59 Å². The smallest absolute Gasteiger partial charge is 0.323 e. The van der Waals surface area contributed by atoms with Gasteiger partial charge in [-0.25, -0.2) is 0 Å². The summed E-state index contributed by atoms with van der Waals surface area (Å²) in [6.07, 6.45) is 3.61. The minimum atomic E-state index is -1.03. The Hall–Kier alpha value is -2.14. The number of benzene rings is 1. The molecule has 0 spiro atoms. The van der Waals surface area contributed by atoms with Crippen molar-refractivity contribution in [2.45, 2.75) is 12.1 Å². The number of carbonyl (C=O) groups is 2. The van der Waals surface area contributed by atoms with Crippen LogP contribution >= 0.6 is 0 Å². The summed E-state index contributed by atoms with van der Waals surface area (Å²) in [6.45, 7) is -0.309. The zero-order valence-corrected chi connectivity index (χ0v) is 9.69. The van der Waals surface area contributed by atoms with Gasteiger partial charge in [0.25, 0.3) is 0 Å². The molecule has 0 saturated carbocycles. The Kier molecular flexibility index (Phi) is 3.43. The number of carbonyl (C=O) groups excluding carboxylic acids is 1. The van der Waals surface area contributed by atoms with Crippen molar-refractivity contribution in [2.24, 2.45) is 5.73 Å². The third-order valence-electron chi connectivity index (χ3n) is 2.89. The molecule has 2 atom stereocenters. The van der Waals surface area contributed by atoms with Crippen molar-refractivity contribution in [3.05, 3.63) is 42.0 Å². The van der Waals surface area contributed by atoms with Crippen LogP contribution in [0.1, 0.15) is 5.56 Å². The average Bonchev–Trinajstić information content (AvgIpc) is 2.38. The third-order valence-corrected chi connectivity index (χ3v) is 2.89. The van der Waals surface area contributed by atoms with Crippen LogP contribution in [-0.4, -0.2) is 40.5 Å². The normalized spacial score (nSPS) is 23.2. The number of nitrogens with two attached hydrogens (primary N) is 1. The number of nitrogens with zero attached hydrogens (tertiary/aromatic N) is 1. The predicted molar refractivity (Wildman–Crippen MR) is 66.6 cm³/mol. The first-order chi connectivity index (χ1) is 8.59. The fraction of sp³-hybridized carbons (Fsp3) is 0.231. The monoisotopic (exact) mass is 246 g/mol. The third kappa shape index (κ3) is 2.41. The Labute approximate surface area is 105 Å². The highest BCUT2D eigenvalue weighted by Gasteiger charge is 2.43. The molecule has 0 radical (unpaired) electrons. The zero-order chi connectivity index (χ0) is 13.1. The number of hydrogen-bond donors (Lipinski definition) is 2. The van der Waals surface area contributed by atoms with Crippen LogP contribution in [0.5, 0.6) is 0 Å². The van der Waals surface area contributed by atoms with Crippen molar-refractivity contribution >= 4 is 18.0 Å². The highest BCUT2D eigenvalue weighted by atomic mass is 16.4. The van der Waals surface area contributed by atoms with Gasteiger partial charge in [-0.15, -0.1) is 0 Å². The minimum absolute atomic E-state index is 0.309. The molecule has 94 valence electrons. The Morgan fingerprint density at radius 3 is 2.67 bits per heavy atom. The fourth-order valence-electron chi connectivity index (χ4n) is 1.92. The lowest BCUT2D eigenvalue weighted by Gasteiger charge is -2.42. The number of β-lactam (4-membered cyclic amide) rings is 1. The van der Waals surface area contributed by atoms with E-state index in [0.717, 1.165) is 5.56 Å². The average molecular weight is 246 g/mol. The topological polar surface area (TPSA) is 83.6 Å². The van der Waals surface area contributed by atoms with E-state index in [1.54, 1.807) is 6.08 Å². The van der Waals surface area contributed by atoms with E-state index < -0.39 is 12.0 Å². The Morgan fingerprint density at radius 2 is 2.06 bits per heavy atom. The molecule has 1 amide bonds. The molecule has 1 fully saturated rings. The molecule has 3 N–H and O–H groups in total. The van der Waals surface area contributed by atoms with E-state index in [-0.39, 0.29) is 18.5 Å². The van der Waals surface area contributed by atoms with Gasteiger partial charge in [0.05, 0.1) is 6.04 Å². The van der Waals surface area contributed by atoms with E-state index in [0.29, 0.717) is 0 Å². The fourth-order valence-corrected chi connectivity index (χ4v) is 1.92. The summed E-state index contributed by atoms with van der Waals surface area (Å²) in [4.78, 5) is 23.3. The second-order valence-corrected chi connectivity index (χ2v) is 4.15. The maximum absolute atomic E-state index is 11.4. The summed E-state index contributed by atoms with van der Waals surface area (Å²) in [6, 6.07) is 8.58. The SMILES string of the molecule is NC1C(=O)N(CC(=O)O)C1C=Cc1ccccc1. The molecule has 2 rings (SSSR count). The van der Waals surface area contributed by atoms with Gasteiger partial charge >= 0.3 is 5.97 Å². The second-order valence-electron chi connectivity index (χ2n) is 4.15. The Balaban J connectivity index is 2.06.